The fraction of sp³-hybridized carbons (Fsp3) is 0.484. The van der Waals surface area contributed by atoms with Crippen LogP contribution >= 0.6 is 11.6 Å². The highest BCUT2D eigenvalue weighted by molar-refractivity contribution is 6.76. The van der Waals surface area contributed by atoms with Gasteiger partial charge in [0, 0.05) is 49.6 Å². The Balaban J connectivity index is 0.000000238. The summed E-state index contributed by atoms with van der Waals surface area (Å²) in [5.74, 6) is 0.514. The standard InChI is InChI=1S/C15H22N2O2Si.C10H9NO.C6H15ClOSi/c1-12(18)15-16-13-7-5-6-8-14(13)17(15)11-19-9-10-20(2,3)4;1-7(12)10-6-8-4-2-3-5-9(8)11-10;1-9(2,3)5-4-8-6-7/h5-8H,9-11H2,1-4H3;2-5H,6H2,1H3;4-6H2,1-3H3. The van der Waals surface area contributed by atoms with Crippen LogP contribution in [0.5, 0.6) is 0 Å². The highest BCUT2D eigenvalue weighted by atomic mass is 35.5. The molecule has 0 amide bonds. The summed E-state index contributed by atoms with van der Waals surface area (Å²) in [5.41, 5.74) is 4.57. The lowest BCUT2D eigenvalue weighted by Crippen LogP contribution is -2.22. The third-order valence-electron chi connectivity index (χ3n) is 6.27. The van der Waals surface area contributed by atoms with Crippen molar-refractivity contribution >= 4 is 61.7 Å². The molecule has 10 heteroatoms. The summed E-state index contributed by atoms with van der Waals surface area (Å²) in [7, 11) is -1.96. The largest absolute Gasteiger partial charge is 0.366 e. The Labute approximate surface area is 252 Å². The average Bonchev–Trinajstić information content (AvgIpc) is 3.49. The van der Waals surface area contributed by atoms with Crippen LogP contribution < -0.4 is 0 Å². The van der Waals surface area contributed by atoms with Crippen LogP contribution in [0.15, 0.2) is 53.5 Å². The lowest BCUT2D eigenvalue weighted by molar-refractivity contribution is -0.111. The minimum absolute atomic E-state index is 0.0324. The van der Waals surface area contributed by atoms with Crippen LogP contribution in [0.4, 0.5) is 5.69 Å². The number of halogens is 1. The molecule has 0 unspecified atom stereocenters. The molecule has 0 fully saturated rings. The molecule has 1 aliphatic rings. The lowest BCUT2D eigenvalue weighted by Gasteiger charge is -2.16. The number of carbonyl (C=O) groups excluding carboxylic acids is 2. The first kappa shape index (κ1) is 34.8. The summed E-state index contributed by atoms with van der Waals surface area (Å²) >= 11 is 5.32. The van der Waals surface area contributed by atoms with Gasteiger partial charge in [0.1, 0.15) is 12.8 Å². The molecule has 0 saturated heterocycles. The zero-order chi connectivity index (χ0) is 30.6. The number of hydrogen-bond donors (Lipinski definition) is 0. The Kier molecular flexibility index (Phi) is 13.8. The summed E-state index contributed by atoms with van der Waals surface area (Å²) in [5, 5.41) is 0. The van der Waals surface area contributed by atoms with E-state index < -0.39 is 16.1 Å². The van der Waals surface area contributed by atoms with Crippen molar-refractivity contribution in [2.75, 3.05) is 19.3 Å². The smallest absolute Gasteiger partial charge is 0.195 e. The number of aliphatic imine (C=N–C) groups is 1. The first-order chi connectivity index (χ1) is 19.2. The van der Waals surface area contributed by atoms with Crippen molar-refractivity contribution in [3.8, 4) is 0 Å². The second-order valence-corrected chi connectivity index (χ2v) is 24.0. The van der Waals surface area contributed by atoms with Gasteiger partial charge in [0.2, 0.25) is 0 Å². The Morgan fingerprint density at radius 1 is 0.854 bits per heavy atom. The van der Waals surface area contributed by atoms with Crippen LogP contribution in [0, 0.1) is 0 Å². The zero-order valence-electron chi connectivity index (χ0n) is 25.9. The first-order valence-corrected chi connectivity index (χ1v) is 22.0. The maximum Gasteiger partial charge on any atom is 0.195 e. The van der Waals surface area contributed by atoms with Gasteiger partial charge >= 0.3 is 0 Å². The third kappa shape index (κ3) is 12.5. The topological polar surface area (TPSA) is 82.8 Å². The second-order valence-electron chi connectivity index (χ2n) is 12.5. The van der Waals surface area contributed by atoms with Crippen molar-refractivity contribution in [1.82, 2.24) is 9.55 Å². The molecule has 0 N–H and O–H groups in total. The predicted molar refractivity (Wildman–Crippen MR) is 177 cm³/mol. The highest BCUT2D eigenvalue weighted by Gasteiger charge is 2.17. The van der Waals surface area contributed by atoms with Gasteiger partial charge in [-0.05, 0) is 35.9 Å². The number of para-hydroxylation sites is 3. The van der Waals surface area contributed by atoms with Gasteiger partial charge in [0.25, 0.3) is 0 Å². The van der Waals surface area contributed by atoms with E-state index in [0.29, 0.717) is 30.8 Å². The van der Waals surface area contributed by atoms with E-state index in [1.165, 1.54) is 6.04 Å². The predicted octanol–water partition coefficient (Wildman–Crippen LogP) is 7.99. The van der Waals surface area contributed by atoms with E-state index in [2.05, 4.69) is 49.3 Å². The fourth-order valence-corrected chi connectivity index (χ4v) is 5.40. The minimum atomic E-state index is -1.09. The monoisotopic (exact) mass is 615 g/mol. The van der Waals surface area contributed by atoms with Gasteiger partial charge in [-0.1, -0.05) is 81.2 Å². The van der Waals surface area contributed by atoms with E-state index in [1.807, 2.05) is 53.1 Å². The SMILES string of the molecule is CC(=O)C1=Nc2ccccc2C1.CC(=O)c1nc2ccccc2n1COCC[Si](C)(C)C.C[Si](C)(C)CCOCCl. The summed E-state index contributed by atoms with van der Waals surface area (Å²) in [4.78, 5) is 31.3. The average molecular weight is 616 g/mol. The fourth-order valence-electron chi connectivity index (χ4n) is 3.78. The molecule has 0 bridgehead atoms. The van der Waals surface area contributed by atoms with Crippen molar-refractivity contribution < 1.29 is 19.1 Å². The number of nitrogens with zero attached hydrogens (tertiary/aromatic N) is 3. The van der Waals surface area contributed by atoms with Gasteiger partial charge < -0.3 is 9.47 Å². The number of fused-ring (bicyclic) bond motifs is 2. The Bertz CT molecular complexity index is 1330. The summed E-state index contributed by atoms with van der Waals surface area (Å²) in [6.45, 7) is 19.0. The highest BCUT2D eigenvalue weighted by Crippen LogP contribution is 2.25. The van der Waals surface area contributed by atoms with Gasteiger partial charge in [-0.25, -0.2) is 9.98 Å². The Morgan fingerprint density at radius 3 is 2.00 bits per heavy atom. The molecule has 0 atom stereocenters. The molecule has 1 aromatic heterocycles. The molecule has 3 aromatic rings. The van der Waals surface area contributed by atoms with Crippen LogP contribution in [-0.2, 0) is 27.4 Å². The molecule has 2 aromatic carbocycles. The maximum atomic E-state index is 11.7. The van der Waals surface area contributed by atoms with E-state index in [1.54, 1.807) is 13.8 Å². The van der Waals surface area contributed by atoms with Gasteiger partial charge in [0.15, 0.2) is 17.4 Å². The number of rotatable bonds is 11. The van der Waals surface area contributed by atoms with Crippen molar-refractivity contribution in [1.29, 1.82) is 0 Å². The number of aromatic nitrogens is 2. The van der Waals surface area contributed by atoms with Crippen molar-refractivity contribution in [2.45, 2.75) is 78.4 Å². The number of alkyl halides is 1. The van der Waals surface area contributed by atoms with Gasteiger partial charge in [-0.2, -0.15) is 0 Å². The normalized spacial score (nSPS) is 12.6. The Hall–Kier alpha value is -2.44. The molecule has 0 radical (unpaired) electrons. The molecule has 0 spiro atoms. The van der Waals surface area contributed by atoms with E-state index in [-0.39, 0.29) is 11.6 Å². The first-order valence-electron chi connectivity index (χ1n) is 14.1. The van der Waals surface area contributed by atoms with Crippen LogP contribution in [0.2, 0.25) is 51.4 Å². The zero-order valence-corrected chi connectivity index (χ0v) is 28.7. The number of carbonyl (C=O) groups is 2. The third-order valence-corrected chi connectivity index (χ3v) is 9.83. The van der Waals surface area contributed by atoms with E-state index in [9.17, 15) is 9.59 Å². The molecule has 224 valence electrons. The van der Waals surface area contributed by atoms with Crippen molar-refractivity contribution in [3.05, 3.63) is 59.9 Å². The Morgan fingerprint density at radius 2 is 1.44 bits per heavy atom. The summed E-state index contributed by atoms with van der Waals surface area (Å²) in [6, 6.07) is 18.3. The quantitative estimate of drug-likeness (QED) is 0.0944. The molecule has 7 nitrogen and oxygen atoms in total. The van der Waals surface area contributed by atoms with E-state index >= 15 is 0 Å². The molecule has 1 aliphatic heterocycles. The molecular formula is C31H46ClN3O4Si2. The molecular weight excluding hydrogens is 570 g/mol. The number of ether oxygens (including phenoxy) is 2. The van der Waals surface area contributed by atoms with Gasteiger partial charge in [-0.3, -0.25) is 14.2 Å². The second kappa shape index (κ2) is 16.3. The van der Waals surface area contributed by atoms with Crippen LogP contribution in [0.25, 0.3) is 11.0 Å². The number of ketones is 2. The van der Waals surface area contributed by atoms with Gasteiger partial charge in [0.05, 0.1) is 22.4 Å². The molecule has 2 heterocycles. The van der Waals surface area contributed by atoms with E-state index in [0.717, 1.165) is 41.5 Å². The molecule has 0 saturated carbocycles. The summed E-state index contributed by atoms with van der Waals surface area (Å²) in [6.07, 6.45) is 0.700. The number of imidazole rings is 1. The number of hydrogen-bond acceptors (Lipinski definition) is 6. The summed E-state index contributed by atoms with van der Waals surface area (Å²) < 4.78 is 12.6. The van der Waals surface area contributed by atoms with E-state index in [4.69, 9.17) is 21.1 Å². The molecule has 4 rings (SSSR count). The van der Waals surface area contributed by atoms with Crippen LogP contribution in [0.3, 0.4) is 0 Å². The minimum Gasteiger partial charge on any atom is -0.366 e. The number of benzene rings is 2. The molecule has 41 heavy (non-hydrogen) atoms. The molecule has 0 aliphatic carbocycles. The number of Topliss-reactive ketones (excluding diaryl/α,β-unsaturated/α-hetero) is 2. The van der Waals surface area contributed by atoms with Crippen molar-refractivity contribution in [2.24, 2.45) is 4.99 Å². The van der Waals surface area contributed by atoms with Crippen molar-refractivity contribution in [3.63, 3.8) is 0 Å². The van der Waals surface area contributed by atoms with Crippen LogP contribution in [-0.4, -0.2) is 62.3 Å². The maximum absolute atomic E-state index is 11.7. The van der Waals surface area contributed by atoms with Crippen LogP contribution in [0.1, 0.15) is 30.0 Å². The lowest BCUT2D eigenvalue weighted by atomic mass is 10.1. The van der Waals surface area contributed by atoms with Gasteiger partial charge in [-0.15, -0.1) is 0 Å².